The number of rotatable bonds is 6. The number of Topliss-reactive ketones (excluding diaryl/α,β-unsaturated/α-hetero) is 1. The van der Waals surface area contributed by atoms with E-state index in [4.69, 9.17) is 4.74 Å². The molecule has 1 spiro atoms. The number of methoxy groups -OCH3 is 1. The fourth-order valence-electron chi connectivity index (χ4n) is 7.25. The third kappa shape index (κ3) is 5.39. The van der Waals surface area contributed by atoms with E-state index in [0.29, 0.717) is 46.2 Å². The van der Waals surface area contributed by atoms with E-state index < -0.39 is 10.0 Å². The first-order valence-electron chi connectivity index (χ1n) is 14.9. The van der Waals surface area contributed by atoms with Crippen molar-refractivity contribution >= 4 is 15.8 Å². The molecule has 9 heteroatoms. The van der Waals surface area contributed by atoms with Crippen molar-refractivity contribution in [2.75, 3.05) is 13.7 Å². The number of pyridine rings is 1. The molecule has 2 fully saturated rings. The second-order valence-electron chi connectivity index (χ2n) is 12.2. The van der Waals surface area contributed by atoms with Gasteiger partial charge in [0.05, 0.1) is 18.0 Å². The lowest BCUT2D eigenvalue weighted by atomic mass is 9.71. The number of ether oxygens (including phenoxy) is 1. The van der Waals surface area contributed by atoms with Gasteiger partial charge in [0.25, 0.3) is 0 Å². The molecule has 2 aliphatic heterocycles. The number of aromatic nitrogens is 1. The molecule has 2 N–H and O–H groups in total. The number of hydrazine groups is 1. The Balaban J connectivity index is 1.16. The Morgan fingerprint density at radius 3 is 2.36 bits per heavy atom. The number of benzene rings is 2. The normalized spacial score (nSPS) is 24.7. The Labute approximate surface area is 248 Å². The zero-order chi connectivity index (χ0) is 29.5. The maximum absolute atomic E-state index is 13.9. The highest BCUT2D eigenvalue weighted by Crippen LogP contribution is 2.41. The summed E-state index contributed by atoms with van der Waals surface area (Å²) in [7, 11) is -2.19. The molecule has 0 radical (unpaired) electrons. The van der Waals surface area contributed by atoms with Gasteiger partial charge >= 0.3 is 0 Å². The van der Waals surface area contributed by atoms with E-state index in [1.54, 1.807) is 33.1 Å². The smallest absolute Gasteiger partial charge is 0.243 e. The van der Waals surface area contributed by atoms with E-state index in [2.05, 4.69) is 28.0 Å². The second-order valence-corrected chi connectivity index (χ2v) is 14.1. The van der Waals surface area contributed by atoms with Crippen molar-refractivity contribution in [2.45, 2.75) is 87.7 Å². The maximum atomic E-state index is 13.9. The van der Waals surface area contributed by atoms with Crippen molar-refractivity contribution in [3.05, 3.63) is 88.2 Å². The van der Waals surface area contributed by atoms with Gasteiger partial charge < -0.3 is 4.74 Å². The van der Waals surface area contributed by atoms with Gasteiger partial charge in [0, 0.05) is 36.6 Å². The van der Waals surface area contributed by atoms with Gasteiger partial charge in [-0.1, -0.05) is 18.2 Å². The summed E-state index contributed by atoms with van der Waals surface area (Å²) in [5.74, 6) is 1.22. The molecule has 3 heterocycles. The van der Waals surface area contributed by atoms with E-state index in [1.165, 1.54) is 9.87 Å². The van der Waals surface area contributed by atoms with Gasteiger partial charge in [-0.25, -0.2) is 13.8 Å². The molecular weight excluding hydrogens is 548 g/mol. The fourth-order valence-corrected chi connectivity index (χ4v) is 9.07. The van der Waals surface area contributed by atoms with Gasteiger partial charge in [0.2, 0.25) is 10.0 Å². The van der Waals surface area contributed by atoms with Crippen molar-refractivity contribution < 1.29 is 17.9 Å². The Kier molecular flexibility index (Phi) is 7.95. The van der Waals surface area contributed by atoms with E-state index in [0.717, 1.165) is 49.7 Å². The molecule has 1 unspecified atom stereocenters. The molecule has 6 rings (SSSR count). The highest BCUT2D eigenvalue weighted by atomic mass is 32.2. The highest BCUT2D eigenvalue weighted by Gasteiger charge is 2.41. The number of ketones is 1. The van der Waals surface area contributed by atoms with Crippen molar-refractivity contribution in [3.8, 4) is 5.75 Å². The summed E-state index contributed by atoms with van der Waals surface area (Å²) in [5, 5.41) is 0. The number of nitrogens with one attached hydrogen (secondary N) is 2. The summed E-state index contributed by atoms with van der Waals surface area (Å²) >= 11 is 0. The van der Waals surface area contributed by atoms with Crippen LogP contribution in [-0.2, 0) is 23.0 Å². The van der Waals surface area contributed by atoms with Crippen LogP contribution in [0.2, 0.25) is 0 Å². The predicted molar refractivity (Wildman–Crippen MR) is 162 cm³/mol. The third-order valence-electron chi connectivity index (χ3n) is 9.63. The number of aryl methyl sites for hydroxylation is 2. The van der Waals surface area contributed by atoms with Gasteiger partial charge in [-0.3, -0.25) is 15.2 Å². The van der Waals surface area contributed by atoms with Gasteiger partial charge in [-0.2, -0.15) is 4.31 Å². The lowest BCUT2D eigenvalue weighted by Crippen LogP contribution is -2.62. The fraction of sp³-hybridized carbons (Fsp3) is 0.455. The number of hydrogen-bond donors (Lipinski definition) is 2. The molecule has 2 aromatic carbocycles. The highest BCUT2D eigenvalue weighted by molar-refractivity contribution is 7.89. The molecular formula is C33H40N4O4S. The molecule has 3 aromatic rings. The average Bonchev–Trinajstić information content (AvgIpc) is 3.01. The first kappa shape index (κ1) is 29.0. The Bertz CT molecular complexity index is 1550. The monoisotopic (exact) mass is 588 g/mol. The third-order valence-corrected chi connectivity index (χ3v) is 11.8. The van der Waals surface area contributed by atoms with Crippen LogP contribution in [0.25, 0.3) is 0 Å². The van der Waals surface area contributed by atoms with Gasteiger partial charge in [0.1, 0.15) is 5.75 Å². The topological polar surface area (TPSA) is 101 Å². The number of fused-ring (bicyclic) bond motifs is 1. The van der Waals surface area contributed by atoms with Crippen LogP contribution >= 0.6 is 0 Å². The van der Waals surface area contributed by atoms with E-state index >= 15 is 0 Å². The maximum Gasteiger partial charge on any atom is 0.243 e. The number of carbonyl (C=O) groups is 1. The molecule has 1 saturated carbocycles. The van der Waals surface area contributed by atoms with Crippen molar-refractivity contribution in [1.29, 1.82) is 0 Å². The van der Waals surface area contributed by atoms with E-state index in [1.807, 2.05) is 30.6 Å². The Hall–Kier alpha value is -3.11. The van der Waals surface area contributed by atoms with Crippen LogP contribution in [0, 0.1) is 13.8 Å². The summed E-state index contributed by atoms with van der Waals surface area (Å²) in [6.07, 6.45) is 10.3. The van der Waals surface area contributed by atoms with Crippen LogP contribution < -0.4 is 15.6 Å². The molecule has 42 heavy (non-hydrogen) atoms. The largest absolute Gasteiger partial charge is 0.497 e. The average molecular weight is 589 g/mol. The molecule has 222 valence electrons. The Morgan fingerprint density at radius 1 is 1.02 bits per heavy atom. The minimum Gasteiger partial charge on any atom is -0.497 e. The molecule has 8 nitrogen and oxygen atoms in total. The molecule has 1 saturated heterocycles. The second kappa shape index (κ2) is 11.5. The molecule has 1 atom stereocenters. The Morgan fingerprint density at radius 2 is 1.71 bits per heavy atom. The lowest BCUT2D eigenvalue weighted by molar-refractivity contribution is 0.0790. The van der Waals surface area contributed by atoms with Gasteiger partial charge in [-0.05, 0) is 117 Å². The van der Waals surface area contributed by atoms with E-state index in [9.17, 15) is 13.2 Å². The SMILES string of the molecule is COc1cc(C)c(S(=O)(=O)N2CCc3cccc(C(=O)C4CCC5(CCC(c6ccncc6)CC5)NN4)c3C2)c(C)c1. The summed E-state index contributed by atoms with van der Waals surface area (Å²) in [4.78, 5) is 18.4. The van der Waals surface area contributed by atoms with Crippen LogP contribution in [0.3, 0.4) is 0 Å². The number of hydrogen-bond acceptors (Lipinski definition) is 7. The number of nitrogens with zero attached hydrogens (tertiary/aromatic N) is 2. The number of sulfonamides is 1. The first-order valence-corrected chi connectivity index (χ1v) is 16.4. The van der Waals surface area contributed by atoms with Crippen molar-refractivity contribution in [2.24, 2.45) is 0 Å². The lowest BCUT2D eigenvalue weighted by Gasteiger charge is -2.46. The van der Waals surface area contributed by atoms with Gasteiger partial charge in [0.15, 0.2) is 5.78 Å². The predicted octanol–water partition coefficient (Wildman–Crippen LogP) is 4.99. The van der Waals surface area contributed by atoms with Crippen molar-refractivity contribution in [3.63, 3.8) is 0 Å². The molecule has 1 aromatic heterocycles. The molecule has 3 aliphatic rings. The zero-order valence-corrected chi connectivity index (χ0v) is 25.5. The molecule has 0 amide bonds. The first-order chi connectivity index (χ1) is 20.2. The minimum atomic E-state index is -3.77. The van der Waals surface area contributed by atoms with Crippen LogP contribution in [-0.4, -0.2) is 48.7 Å². The molecule has 0 bridgehead atoms. The summed E-state index contributed by atoms with van der Waals surface area (Å²) < 4.78 is 34.6. The van der Waals surface area contributed by atoms with Gasteiger partial charge in [-0.15, -0.1) is 0 Å². The standard InChI is InChI=1S/C33H40N4O4S/c1-22-19-27(41-3)20-23(2)32(22)42(39,40)37-18-12-26-5-4-6-28(29(26)21-37)31(38)30-9-15-33(36-35-30)13-7-24(8-14-33)25-10-16-34-17-11-25/h4-6,10-11,16-17,19-20,24,30,35-36H,7-9,12-15,18,21H2,1-3H3. The quantitative estimate of drug-likeness (QED) is 0.392. The minimum absolute atomic E-state index is 0.00931. The summed E-state index contributed by atoms with van der Waals surface area (Å²) in [6, 6.07) is 13.2. The van der Waals surface area contributed by atoms with Crippen LogP contribution in [0.5, 0.6) is 5.75 Å². The van der Waals surface area contributed by atoms with Crippen LogP contribution in [0.1, 0.15) is 82.6 Å². The summed E-state index contributed by atoms with van der Waals surface area (Å²) in [6.45, 7) is 4.17. The summed E-state index contributed by atoms with van der Waals surface area (Å²) in [5.41, 5.74) is 12.1. The number of carbonyl (C=O) groups excluding carboxylic acids is 1. The van der Waals surface area contributed by atoms with Crippen LogP contribution in [0.4, 0.5) is 0 Å². The van der Waals surface area contributed by atoms with E-state index in [-0.39, 0.29) is 23.9 Å². The molecule has 1 aliphatic carbocycles. The van der Waals surface area contributed by atoms with Crippen molar-refractivity contribution in [1.82, 2.24) is 20.1 Å². The zero-order valence-electron chi connectivity index (χ0n) is 24.7. The van der Waals surface area contributed by atoms with Crippen LogP contribution in [0.15, 0.2) is 59.8 Å².